The molecule has 0 bridgehead atoms. The Kier molecular flexibility index (Phi) is 2.17. The Labute approximate surface area is 63.8 Å². The number of ether oxygens (including phenoxy) is 1. The SMILES string of the molecule is C[C@]1(O)[C@H](O)CO[C@@H](O)[C@@H]1O. The van der Waals surface area contributed by atoms with Gasteiger partial charge in [0.2, 0.25) is 0 Å². The molecule has 0 aromatic rings. The molecular weight excluding hydrogens is 152 g/mol. The molecule has 66 valence electrons. The van der Waals surface area contributed by atoms with Crippen LogP contribution in [0.1, 0.15) is 6.92 Å². The molecule has 1 aliphatic rings. The smallest absolute Gasteiger partial charge is 0.183 e. The highest BCUT2D eigenvalue weighted by Gasteiger charge is 2.46. The predicted octanol–water partition coefficient (Wildman–Crippen LogP) is -2.19. The Morgan fingerprint density at radius 3 is 2.36 bits per heavy atom. The average Bonchev–Trinajstić information content (AvgIpc) is 1.95. The molecular formula is C6H12O5. The van der Waals surface area contributed by atoms with E-state index in [0.29, 0.717) is 0 Å². The van der Waals surface area contributed by atoms with Crippen LogP contribution >= 0.6 is 0 Å². The summed E-state index contributed by atoms with van der Waals surface area (Å²) in [4.78, 5) is 0. The molecule has 1 aliphatic heterocycles. The molecule has 4 N–H and O–H groups in total. The number of rotatable bonds is 0. The Bertz CT molecular complexity index is 146. The van der Waals surface area contributed by atoms with E-state index in [0.717, 1.165) is 0 Å². The van der Waals surface area contributed by atoms with Gasteiger partial charge in [0.25, 0.3) is 0 Å². The molecule has 0 aromatic carbocycles. The van der Waals surface area contributed by atoms with Crippen molar-refractivity contribution in [1.29, 1.82) is 0 Å². The lowest BCUT2D eigenvalue weighted by atomic mass is 9.90. The summed E-state index contributed by atoms with van der Waals surface area (Å²) in [5, 5.41) is 36.4. The van der Waals surface area contributed by atoms with Crippen molar-refractivity contribution >= 4 is 0 Å². The minimum atomic E-state index is -1.70. The third-order valence-electron chi connectivity index (χ3n) is 1.97. The predicted molar refractivity (Wildman–Crippen MR) is 34.6 cm³/mol. The third-order valence-corrected chi connectivity index (χ3v) is 1.97. The van der Waals surface area contributed by atoms with Gasteiger partial charge < -0.3 is 25.2 Å². The van der Waals surface area contributed by atoms with E-state index in [1.165, 1.54) is 6.92 Å². The van der Waals surface area contributed by atoms with Crippen LogP contribution in [0.4, 0.5) is 0 Å². The van der Waals surface area contributed by atoms with Crippen LogP contribution in [0.5, 0.6) is 0 Å². The molecule has 0 saturated carbocycles. The molecule has 0 amide bonds. The maximum absolute atomic E-state index is 9.34. The van der Waals surface area contributed by atoms with Gasteiger partial charge >= 0.3 is 0 Å². The third kappa shape index (κ3) is 1.38. The Morgan fingerprint density at radius 1 is 1.36 bits per heavy atom. The van der Waals surface area contributed by atoms with E-state index in [2.05, 4.69) is 4.74 Å². The first-order valence-electron chi connectivity index (χ1n) is 3.34. The molecule has 5 nitrogen and oxygen atoms in total. The topological polar surface area (TPSA) is 90.2 Å². The zero-order chi connectivity index (χ0) is 8.65. The fraction of sp³-hybridized carbons (Fsp3) is 1.00. The zero-order valence-electron chi connectivity index (χ0n) is 6.14. The minimum absolute atomic E-state index is 0.175. The molecule has 1 saturated heterocycles. The molecule has 0 radical (unpaired) electrons. The zero-order valence-corrected chi connectivity index (χ0v) is 6.14. The molecule has 5 heteroatoms. The van der Waals surface area contributed by atoms with E-state index in [-0.39, 0.29) is 6.61 Å². The van der Waals surface area contributed by atoms with Crippen LogP contribution in [-0.2, 0) is 4.74 Å². The van der Waals surface area contributed by atoms with Crippen LogP contribution in [0, 0.1) is 0 Å². The van der Waals surface area contributed by atoms with E-state index in [4.69, 9.17) is 15.3 Å². The lowest BCUT2D eigenvalue weighted by molar-refractivity contribution is -0.286. The van der Waals surface area contributed by atoms with Crippen LogP contribution in [-0.4, -0.2) is 51.1 Å². The van der Waals surface area contributed by atoms with Gasteiger partial charge in [-0.05, 0) is 6.92 Å². The van der Waals surface area contributed by atoms with Crippen LogP contribution in [0.2, 0.25) is 0 Å². The van der Waals surface area contributed by atoms with Gasteiger partial charge in [-0.25, -0.2) is 0 Å². The first-order valence-corrected chi connectivity index (χ1v) is 3.34. The molecule has 4 atom stereocenters. The van der Waals surface area contributed by atoms with Crippen LogP contribution in [0.25, 0.3) is 0 Å². The molecule has 0 spiro atoms. The molecule has 11 heavy (non-hydrogen) atoms. The summed E-state index contributed by atoms with van der Waals surface area (Å²) in [6.45, 7) is 1.07. The fourth-order valence-electron chi connectivity index (χ4n) is 0.935. The van der Waals surface area contributed by atoms with Gasteiger partial charge in [0, 0.05) is 0 Å². The second kappa shape index (κ2) is 2.69. The lowest BCUT2D eigenvalue weighted by Gasteiger charge is -2.40. The van der Waals surface area contributed by atoms with Gasteiger partial charge in [-0.2, -0.15) is 0 Å². The van der Waals surface area contributed by atoms with E-state index in [1.807, 2.05) is 0 Å². The molecule has 1 heterocycles. The van der Waals surface area contributed by atoms with E-state index in [9.17, 15) is 5.11 Å². The highest BCUT2D eigenvalue weighted by molar-refractivity contribution is 4.93. The normalized spacial score (nSPS) is 52.6. The first-order chi connectivity index (χ1) is 4.96. The molecule has 0 aliphatic carbocycles. The summed E-state index contributed by atoms with van der Waals surface area (Å²) in [5.74, 6) is 0. The number of aliphatic hydroxyl groups is 4. The van der Waals surface area contributed by atoms with Crippen LogP contribution < -0.4 is 0 Å². The van der Waals surface area contributed by atoms with Gasteiger partial charge in [-0.15, -0.1) is 0 Å². The van der Waals surface area contributed by atoms with Crippen molar-refractivity contribution in [2.75, 3.05) is 6.61 Å². The van der Waals surface area contributed by atoms with E-state index in [1.54, 1.807) is 0 Å². The average molecular weight is 164 g/mol. The van der Waals surface area contributed by atoms with Crippen LogP contribution in [0.3, 0.4) is 0 Å². The lowest BCUT2D eigenvalue weighted by Crippen LogP contribution is -2.61. The Morgan fingerprint density at radius 2 is 1.91 bits per heavy atom. The summed E-state index contributed by atoms with van der Waals surface area (Å²) in [5.41, 5.74) is -1.70. The largest absolute Gasteiger partial charge is 0.388 e. The second-order valence-electron chi connectivity index (χ2n) is 2.91. The van der Waals surface area contributed by atoms with Crippen molar-refractivity contribution in [3.63, 3.8) is 0 Å². The van der Waals surface area contributed by atoms with Crippen molar-refractivity contribution in [3.05, 3.63) is 0 Å². The second-order valence-corrected chi connectivity index (χ2v) is 2.91. The van der Waals surface area contributed by atoms with Crippen molar-refractivity contribution in [2.45, 2.75) is 31.0 Å². The van der Waals surface area contributed by atoms with Gasteiger partial charge in [0.1, 0.15) is 17.8 Å². The number of aliphatic hydroxyl groups excluding tert-OH is 3. The van der Waals surface area contributed by atoms with Gasteiger partial charge in [0.15, 0.2) is 6.29 Å². The quantitative estimate of drug-likeness (QED) is 0.326. The van der Waals surface area contributed by atoms with E-state index < -0.39 is 24.1 Å². The molecule has 0 unspecified atom stereocenters. The number of hydrogen-bond donors (Lipinski definition) is 4. The van der Waals surface area contributed by atoms with Crippen molar-refractivity contribution in [2.24, 2.45) is 0 Å². The first kappa shape index (κ1) is 8.89. The Balaban J connectivity index is 2.72. The monoisotopic (exact) mass is 164 g/mol. The highest BCUT2D eigenvalue weighted by Crippen LogP contribution is 2.23. The summed E-state index contributed by atoms with van der Waals surface area (Å²) < 4.78 is 4.53. The van der Waals surface area contributed by atoms with Crippen molar-refractivity contribution in [1.82, 2.24) is 0 Å². The van der Waals surface area contributed by atoms with Crippen LogP contribution in [0.15, 0.2) is 0 Å². The summed E-state index contributed by atoms with van der Waals surface area (Å²) in [6.07, 6.45) is -4.06. The minimum Gasteiger partial charge on any atom is -0.388 e. The van der Waals surface area contributed by atoms with Crippen molar-refractivity contribution in [3.8, 4) is 0 Å². The molecule has 1 rings (SSSR count). The molecule has 1 fully saturated rings. The Hall–Kier alpha value is -0.200. The summed E-state index contributed by atoms with van der Waals surface area (Å²) in [6, 6.07) is 0. The number of hydrogen-bond acceptors (Lipinski definition) is 5. The summed E-state index contributed by atoms with van der Waals surface area (Å²) >= 11 is 0. The van der Waals surface area contributed by atoms with Gasteiger partial charge in [0.05, 0.1) is 6.61 Å². The maximum Gasteiger partial charge on any atom is 0.183 e. The fourth-order valence-corrected chi connectivity index (χ4v) is 0.935. The summed E-state index contributed by atoms with van der Waals surface area (Å²) in [7, 11) is 0. The highest BCUT2D eigenvalue weighted by atomic mass is 16.6. The molecule has 0 aromatic heterocycles. The van der Waals surface area contributed by atoms with E-state index >= 15 is 0 Å². The maximum atomic E-state index is 9.34. The standard InChI is InChI=1S/C6H12O5/c1-6(10)3(7)2-11-5(9)4(6)8/h3-5,7-10H,2H2,1H3/t3-,4+,5-,6+/m1/s1. The van der Waals surface area contributed by atoms with Crippen molar-refractivity contribution < 1.29 is 25.2 Å². The van der Waals surface area contributed by atoms with Gasteiger partial charge in [-0.3, -0.25) is 0 Å². The van der Waals surface area contributed by atoms with Gasteiger partial charge in [-0.1, -0.05) is 0 Å².